The average Bonchev–Trinajstić information content (AvgIpc) is 2.45. The van der Waals surface area contributed by atoms with Gasteiger partial charge < -0.3 is 10.1 Å². The van der Waals surface area contributed by atoms with Crippen molar-refractivity contribution in [3.63, 3.8) is 0 Å². The highest BCUT2D eigenvalue weighted by Gasteiger charge is 2.09. The number of ether oxygens (including phenoxy) is 1. The Bertz CT molecular complexity index is 593. The number of aromatic nitrogens is 1. The van der Waals surface area contributed by atoms with E-state index in [0.717, 1.165) is 53.7 Å². The second-order valence-corrected chi connectivity index (χ2v) is 5.18. The molecular formula is C17H24N2O. The average molecular weight is 272 g/mol. The standard InChI is InChI=1S/C17H24N2O/c1-5-7-13-10-16(18-8-6-2)15-11-14(20-4)9-12(3)17(15)19-13/h9-11H,5-8H2,1-4H3,(H,18,19). The normalized spacial score (nSPS) is 10.8. The molecule has 1 heterocycles. The van der Waals surface area contributed by atoms with Crippen molar-refractivity contribution in [1.29, 1.82) is 0 Å². The van der Waals surface area contributed by atoms with Crippen LogP contribution in [0.4, 0.5) is 5.69 Å². The maximum absolute atomic E-state index is 5.38. The van der Waals surface area contributed by atoms with Gasteiger partial charge in [-0.15, -0.1) is 0 Å². The van der Waals surface area contributed by atoms with Crippen LogP contribution in [-0.4, -0.2) is 18.6 Å². The predicted octanol–water partition coefficient (Wildman–Crippen LogP) is 4.33. The van der Waals surface area contributed by atoms with Gasteiger partial charge in [0.15, 0.2) is 0 Å². The first kappa shape index (κ1) is 14.6. The summed E-state index contributed by atoms with van der Waals surface area (Å²) in [6.07, 6.45) is 3.24. The topological polar surface area (TPSA) is 34.2 Å². The van der Waals surface area contributed by atoms with E-state index in [0.29, 0.717) is 0 Å². The molecule has 0 saturated carbocycles. The molecule has 1 aromatic heterocycles. The van der Waals surface area contributed by atoms with Crippen LogP contribution in [0.15, 0.2) is 18.2 Å². The molecule has 0 saturated heterocycles. The number of anilines is 1. The minimum absolute atomic E-state index is 0.889. The molecule has 2 aromatic rings. The van der Waals surface area contributed by atoms with Gasteiger partial charge in [-0.25, -0.2) is 0 Å². The van der Waals surface area contributed by atoms with Crippen molar-refractivity contribution >= 4 is 16.6 Å². The van der Waals surface area contributed by atoms with Crippen molar-refractivity contribution in [3.05, 3.63) is 29.5 Å². The summed E-state index contributed by atoms with van der Waals surface area (Å²) >= 11 is 0. The molecule has 3 heteroatoms. The molecule has 0 fully saturated rings. The number of nitrogens with zero attached hydrogens (tertiary/aromatic N) is 1. The zero-order valence-electron chi connectivity index (χ0n) is 12.9. The van der Waals surface area contributed by atoms with E-state index < -0.39 is 0 Å². The maximum Gasteiger partial charge on any atom is 0.119 e. The van der Waals surface area contributed by atoms with Gasteiger partial charge >= 0.3 is 0 Å². The van der Waals surface area contributed by atoms with Gasteiger partial charge in [-0.3, -0.25) is 4.98 Å². The zero-order chi connectivity index (χ0) is 14.5. The molecule has 0 amide bonds. The van der Waals surface area contributed by atoms with Crippen LogP contribution in [0.25, 0.3) is 10.9 Å². The van der Waals surface area contributed by atoms with Crippen LogP contribution in [0.2, 0.25) is 0 Å². The number of aryl methyl sites for hydroxylation is 2. The highest BCUT2D eigenvalue weighted by molar-refractivity contribution is 5.94. The Balaban J connectivity index is 2.60. The summed E-state index contributed by atoms with van der Waals surface area (Å²) in [7, 11) is 1.71. The first-order chi connectivity index (χ1) is 9.69. The van der Waals surface area contributed by atoms with Gasteiger partial charge in [-0.2, -0.15) is 0 Å². The molecule has 20 heavy (non-hydrogen) atoms. The Morgan fingerprint density at radius 2 is 1.95 bits per heavy atom. The molecule has 0 bridgehead atoms. The molecular weight excluding hydrogens is 248 g/mol. The lowest BCUT2D eigenvalue weighted by atomic mass is 10.1. The molecule has 0 unspecified atom stereocenters. The monoisotopic (exact) mass is 272 g/mol. The van der Waals surface area contributed by atoms with E-state index in [1.807, 2.05) is 0 Å². The van der Waals surface area contributed by atoms with Gasteiger partial charge in [-0.05, 0) is 43.5 Å². The van der Waals surface area contributed by atoms with Crippen LogP contribution in [0.1, 0.15) is 37.9 Å². The van der Waals surface area contributed by atoms with Gasteiger partial charge in [0, 0.05) is 23.3 Å². The van der Waals surface area contributed by atoms with E-state index in [9.17, 15) is 0 Å². The van der Waals surface area contributed by atoms with Crippen LogP contribution in [0.3, 0.4) is 0 Å². The summed E-state index contributed by atoms with van der Waals surface area (Å²) in [4.78, 5) is 4.81. The SMILES string of the molecule is CCCNc1cc(CCC)nc2c(C)cc(OC)cc12. The van der Waals surface area contributed by atoms with Gasteiger partial charge in [0.2, 0.25) is 0 Å². The number of methoxy groups -OCH3 is 1. The van der Waals surface area contributed by atoms with E-state index in [1.54, 1.807) is 7.11 Å². The molecule has 1 N–H and O–H groups in total. The number of hydrogen-bond acceptors (Lipinski definition) is 3. The molecule has 1 aromatic carbocycles. The van der Waals surface area contributed by atoms with Crippen LogP contribution >= 0.6 is 0 Å². The molecule has 108 valence electrons. The van der Waals surface area contributed by atoms with Gasteiger partial charge in [0.1, 0.15) is 5.75 Å². The van der Waals surface area contributed by atoms with E-state index >= 15 is 0 Å². The van der Waals surface area contributed by atoms with Gasteiger partial charge in [0.25, 0.3) is 0 Å². The fourth-order valence-corrected chi connectivity index (χ4v) is 2.43. The summed E-state index contributed by atoms with van der Waals surface area (Å²) in [5, 5.41) is 4.67. The van der Waals surface area contributed by atoms with Gasteiger partial charge in [0.05, 0.1) is 12.6 Å². The van der Waals surface area contributed by atoms with E-state index in [1.165, 1.54) is 5.69 Å². The maximum atomic E-state index is 5.38. The molecule has 0 aliphatic rings. The second-order valence-electron chi connectivity index (χ2n) is 5.18. The number of fused-ring (bicyclic) bond motifs is 1. The molecule has 0 atom stereocenters. The second kappa shape index (κ2) is 6.60. The summed E-state index contributed by atoms with van der Waals surface area (Å²) in [6, 6.07) is 6.30. The van der Waals surface area contributed by atoms with Crippen molar-refractivity contribution in [2.45, 2.75) is 40.0 Å². The quantitative estimate of drug-likeness (QED) is 0.850. The third-order valence-corrected chi connectivity index (χ3v) is 3.44. The lowest BCUT2D eigenvalue weighted by Crippen LogP contribution is -2.03. The minimum Gasteiger partial charge on any atom is -0.497 e. The van der Waals surface area contributed by atoms with Crippen LogP contribution in [0.5, 0.6) is 5.75 Å². The number of benzene rings is 1. The van der Waals surface area contributed by atoms with Crippen LogP contribution in [-0.2, 0) is 6.42 Å². The fourth-order valence-electron chi connectivity index (χ4n) is 2.43. The Morgan fingerprint density at radius 1 is 1.15 bits per heavy atom. The van der Waals surface area contributed by atoms with E-state index in [2.05, 4.69) is 44.3 Å². The highest BCUT2D eigenvalue weighted by Crippen LogP contribution is 2.30. The van der Waals surface area contributed by atoms with Crippen molar-refractivity contribution in [3.8, 4) is 5.75 Å². The molecule has 0 radical (unpaired) electrons. The van der Waals surface area contributed by atoms with Crippen LogP contribution < -0.4 is 10.1 Å². The molecule has 0 spiro atoms. The molecule has 0 aliphatic heterocycles. The molecule has 3 nitrogen and oxygen atoms in total. The van der Waals surface area contributed by atoms with Crippen molar-refractivity contribution in [2.75, 3.05) is 19.0 Å². The Hall–Kier alpha value is -1.77. The first-order valence-electron chi connectivity index (χ1n) is 7.41. The van der Waals surface area contributed by atoms with Crippen molar-refractivity contribution in [2.24, 2.45) is 0 Å². The molecule has 2 rings (SSSR count). The van der Waals surface area contributed by atoms with E-state index in [4.69, 9.17) is 9.72 Å². The van der Waals surface area contributed by atoms with Gasteiger partial charge in [-0.1, -0.05) is 20.3 Å². The van der Waals surface area contributed by atoms with E-state index in [-0.39, 0.29) is 0 Å². The Labute approximate surface area is 121 Å². The first-order valence-corrected chi connectivity index (χ1v) is 7.41. The number of pyridine rings is 1. The predicted molar refractivity (Wildman–Crippen MR) is 85.8 cm³/mol. The summed E-state index contributed by atoms with van der Waals surface area (Å²) in [5.74, 6) is 0.889. The van der Waals surface area contributed by atoms with Crippen molar-refractivity contribution in [1.82, 2.24) is 4.98 Å². The number of nitrogens with one attached hydrogen (secondary N) is 1. The summed E-state index contributed by atoms with van der Waals surface area (Å²) in [6.45, 7) is 7.43. The number of hydrogen-bond donors (Lipinski definition) is 1. The minimum atomic E-state index is 0.889. The smallest absolute Gasteiger partial charge is 0.119 e. The van der Waals surface area contributed by atoms with Crippen molar-refractivity contribution < 1.29 is 4.74 Å². The Morgan fingerprint density at radius 3 is 2.60 bits per heavy atom. The zero-order valence-corrected chi connectivity index (χ0v) is 12.9. The third-order valence-electron chi connectivity index (χ3n) is 3.44. The number of rotatable bonds is 6. The third kappa shape index (κ3) is 3.03. The lowest BCUT2D eigenvalue weighted by Gasteiger charge is -2.14. The molecule has 0 aliphatic carbocycles. The largest absolute Gasteiger partial charge is 0.497 e. The summed E-state index contributed by atoms with van der Waals surface area (Å²) < 4.78 is 5.38. The fraction of sp³-hybridized carbons (Fsp3) is 0.471. The highest BCUT2D eigenvalue weighted by atomic mass is 16.5. The lowest BCUT2D eigenvalue weighted by molar-refractivity contribution is 0.415. The Kier molecular flexibility index (Phi) is 4.83. The van der Waals surface area contributed by atoms with Crippen LogP contribution in [0, 0.1) is 6.92 Å². The summed E-state index contributed by atoms with van der Waals surface area (Å²) in [5.41, 5.74) is 4.57.